The second-order valence-corrected chi connectivity index (χ2v) is 11.1. The van der Waals surface area contributed by atoms with Crippen LogP contribution in [0, 0.1) is 5.82 Å². The molecule has 5 aromatic rings. The van der Waals surface area contributed by atoms with Gasteiger partial charge >= 0.3 is 5.97 Å². The number of phenols is 1. The van der Waals surface area contributed by atoms with Crippen LogP contribution in [0.4, 0.5) is 4.39 Å². The van der Waals surface area contributed by atoms with Gasteiger partial charge in [0.2, 0.25) is 0 Å². The van der Waals surface area contributed by atoms with Crippen LogP contribution < -0.4 is 10.1 Å². The van der Waals surface area contributed by atoms with Crippen molar-refractivity contribution in [2.75, 3.05) is 6.61 Å². The molecule has 0 aliphatic rings. The number of carbonyl (C=O) groups excluding carboxylic acids is 1. The number of carbonyl (C=O) groups is 2. The normalized spacial score (nSPS) is 11.8. The van der Waals surface area contributed by atoms with Gasteiger partial charge in [0.25, 0.3) is 5.91 Å². The Morgan fingerprint density at radius 2 is 1.64 bits per heavy atom. The van der Waals surface area contributed by atoms with Gasteiger partial charge in [-0.3, -0.25) is 4.79 Å². The third-order valence-electron chi connectivity index (χ3n) is 6.93. The smallest absolute Gasteiger partial charge is 0.326 e. The molecule has 5 rings (SSSR count). The zero-order valence-corrected chi connectivity index (χ0v) is 23.8. The van der Waals surface area contributed by atoms with E-state index in [2.05, 4.69) is 12.2 Å². The van der Waals surface area contributed by atoms with Crippen molar-refractivity contribution >= 4 is 33.3 Å². The fourth-order valence-corrected chi connectivity index (χ4v) is 5.69. The van der Waals surface area contributed by atoms with E-state index in [4.69, 9.17) is 4.74 Å². The van der Waals surface area contributed by atoms with Gasteiger partial charge in [-0.1, -0.05) is 43.3 Å². The number of nitrogens with one attached hydrogen (secondary N) is 1. The lowest BCUT2D eigenvalue weighted by atomic mass is 9.95. The maximum Gasteiger partial charge on any atom is 0.326 e. The molecule has 0 aliphatic heterocycles. The summed E-state index contributed by atoms with van der Waals surface area (Å²) in [7, 11) is 0. The number of fused-ring (bicyclic) bond motifs is 1. The minimum Gasteiger partial charge on any atom is -0.508 e. The minimum atomic E-state index is -1.19. The molecule has 0 saturated carbocycles. The maximum atomic E-state index is 13.4. The Labute approximate surface area is 247 Å². The Balaban J connectivity index is 1.32. The third kappa shape index (κ3) is 6.95. The lowest BCUT2D eigenvalue weighted by Gasteiger charge is -2.17. The predicted octanol–water partition coefficient (Wildman–Crippen LogP) is 7.22. The van der Waals surface area contributed by atoms with E-state index >= 15 is 0 Å². The second-order valence-electron chi connectivity index (χ2n) is 10.1. The van der Waals surface area contributed by atoms with Gasteiger partial charge < -0.3 is 20.3 Å². The van der Waals surface area contributed by atoms with Crippen LogP contribution in [0.15, 0.2) is 91.0 Å². The summed E-state index contributed by atoms with van der Waals surface area (Å²) >= 11 is 1.30. The molecule has 4 aromatic carbocycles. The van der Waals surface area contributed by atoms with Gasteiger partial charge in [0.1, 0.15) is 23.4 Å². The number of hydrogen-bond donors (Lipinski definition) is 3. The van der Waals surface area contributed by atoms with Crippen LogP contribution in [0.1, 0.15) is 39.7 Å². The molecule has 0 radical (unpaired) electrons. The van der Waals surface area contributed by atoms with Crippen LogP contribution in [0.2, 0.25) is 0 Å². The van der Waals surface area contributed by atoms with Gasteiger partial charge in [-0.05, 0) is 101 Å². The molecule has 0 fully saturated rings. The number of aromatic hydroxyl groups is 1. The topological polar surface area (TPSA) is 95.9 Å². The summed E-state index contributed by atoms with van der Waals surface area (Å²) in [6.45, 7) is 2.73. The summed E-state index contributed by atoms with van der Waals surface area (Å²) in [5.74, 6) is -1.14. The molecule has 8 heteroatoms. The standard InChI is InChI=1S/C34H30FNO5S/c1-2-15-41-29-12-6-22(7-13-29)23-8-14-31-26(17-23)20-32(42-31)33(38)36-30(34(39)40)19-24-5-11-28(37)18-25(24)16-21-3-9-27(35)10-4-21/h3-14,17-18,20,30,37H,2,15-16,19H2,1H3,(H,36,38)(H,39,40)/t30-/m0/s1. The van der Waals surface area contributed by atoms with Gasteiger partial charge in [-0.25, -0.2) is 9.18 Å². The third-order valence-corrected chi connectivity index (χ3v) is 8.04. The van der Waals surface area contributed by atoms with Gasteiger partial charge in [0.05, 0.1) is 11.5 Å². The molecule has 3 N–H and O–H groups in total. The van der Waals surface area contributed by atoms with Crippen molar-refractivity contribution in [2.24, 2.45) is 0 Å². The number of benzene rings is 4. The van der Waals surface area contributed by atoms with Gasteiger partial charge in [0, 0.05) is 11.1 Å². The summed E-state index contributed by atoms with van der Waals surface area (Å²) in [6, 6.07) is 25.1. The molecule has 0 aliphatic carbocycles. The summed E-state index contributed by atoms with van der Waals surface area (Å²) in [6.07, 6.45) is 1.33. The van der Waals surface area contributed by atoms with Crippen molar-refractivity contribution in [1.29, 1.82) is 0 Å². The highest BCUT2D eigenvalue weighted by Crippen LogP contribution is 2.31. The first-order chi connectivity index (χ1) is 20.3. The quantitative estimate of drug-likeness (QED) is 0.153. The van der Waals surface area contributed by atoms with E-state index in [1.807, 2.05) is 42.5 Å². The molecule has 1 aromatic heterocycles. The van der Waals surface area contributed by atoms with Crippen LogP contribution in [0.3, 0.4) is 0 Å². The van der Waals surface area contributed by atoms with Gasteiger partial charge in [0.15, 0.2) is 0 Å². The Bertz CT molecular complexity index is 1710. The van der Waals surface area contributed by atoms with Crippen molar-refractivity contribution < 1.29 is 28.9 Å². The van der Waals surface area contributed by atoms with Crippen LogP contribution in [-0.2, 0) is 17.6 Å². The number of amides is 1. The van der Waals surface area contributed by atoms with Crippen LogP contribution in [0.5, 0.6) is 11.5 Å². The monoisotopic (exact) mass is 583 g/mol. The molecule has 214 valence electrons. The van der Waals surface area contributed by atoms with E-state index in [-0.39, 0.29) is 18.0 Å². The SMILES string of the molecule is CCCOc1ccc(-c2ccc3sc(C(=O)N[C@@H](Cc4ccc(O)cc4Cc4ccc(F)cc4)C(=O)O)cc3c2)cc1. The minimum absolute atomic E-state index is 0.0187. The van der Waals surface area contributed by atoms with Crippen LogP contribution >= 0.6 is 11.3 Å². The molecule has 0 unspecified atom stereocenters. The first kappa shape index (κ1) is 28.8. The van der Waals surface area contributed by atoms with Gasteiger partial charge in [-0.15, -0.1) is 11.3 Å². The molecule has 1 heterocycles. The van der Waals surface area contributed by atoms with E-state index in [1.54, 1.807) is 30.3 Å². The van der Waals surface area contributed by atoms with Crippen molar-refractivity contribution in [3.05, 3.63) is 118 Å². The summed E-state index contributed by atoms with van der Waals surface area (Å²) < 4.78 is 19.9. The Morgan fingerprint density at radius 1 is 0.905 bits per heavy atom. The number of carboxylic acid groups (broad SMARTS) is 1. The molecule has 6 nitrogen and oxygen atoms in total. The number of carboxylic acids is 1. The number of thiophene rings is 1. The Hall–Kier alpha value is -4.69. The molecular weight excluding hydrogens is 553 g/mol. The number of halogens is 1. The van der Waals surface area contributed by atoms with Crippen molar-refractivity contribution in [2.45, 2.75) is 32.2 Å². The fraction of sp³-hybridized carbons (Fsp3) is 0.176. The summed E-state index contributed by atoms with van der Waals surface area (Å²) in [5.41, 5.74) is 4.19. The van der Waals surface area contributed by atoms with E-state index in [0.717, 1.165) is 38.9 Å². The highest BCUT2D eigenvalue weighted by molar-refractivity contribution is 7.20. The van der Waals surface area contributed by atoms with Crippen LogP contribution in [-0.4, -0.2) is 34.7 Å². The molecule has 1 atom stereocenters. The molecular formula is C34H30FNO5S. The number of aliphatic carboxylic acids is 1. The highest BCUT2D eigenvalue weighted by atomic mass is 32.1. The van der Waals surface area contributed by atoms with Crippen molar-refractivity contribution in [1.82, 2.24) is 5.32 Å². The Kier molecular flexibility index (Phi) is 8.83. The number of phenolic OH excluding ortho intramolecular Hbond substituents is 1. The number of rotatable bonds is 11. The lowest BCUT2D eigenvalue weighted by Crippen LogP contribution is -2.42. The second kappa shape index (κ2) is 12.9. The first-order valence-corrected chi connectivity index (χ1v) is 14.5. The summed E-state index contributed by atoms with van der Waals surface area (Å²) in [5, 5.41) is 23.6. The van der Waals surface area contributed by atoms with Crippen molar-refractivity contribution in [3.63, 3.8) is 0 Å². The molecule has 0 saturated heterocycles. The van der Waals surface area contributed by atoms with E-state index in [9.17, 15) is 24.2 Å². The molecule has 0 spiro atoms. The Morgan fingerprint density at radius 3 is 2.36 bits per heavy atom. The molecule has 42 heavy (non-hydrogen) atoms. The zero-order valence-electron chi connectivity index (χ0n) is 23.0. The number of ether oxygens (including phenoxy) is 1. The van der Waals surface area contributed by atoms with E-state index in [1.165, 1.54) is 29.5 Å². The molecule has 1 amide bonds. The highest BCUT2D eigenvalue weighted by Gasteiger charge is 2.24. The fourth-order valence-electron chi connectivity index (χ4n) is 4.75. The largest absolute Gasteiger partial charge is 0.508 e. The van der Waals surface area contributed by atoms with Gasteiger partial charge in [-0.2, -0.15) is 0 Å². The first-order valence-electron chi connectivity index (χ1n) is 13.6. The van der Waals surface area contributed by atoms with Crippen molar-refractivity contribution in [3.8, 4) is 22.6 Å². The van der Waals surface area contributed by atoms with E-state index in [0.29, 0.717) is 29.0 Å². The van der Waals surface area contributed by atoms with Crippen LogP contribution in [0.25, 0.3) is 21.2 Å². The molecule has 0 bridgehead atoms. The average molecular weight is 584 g/mol. The van der Waals surface area contributed by atoms with E-state index < -0.39 is 17.9 Å². The predicted molar refractivity (Wildman–Crippen MR) is 163 cm³/mol. The summed E-state index contributed by atoms with van der Waals surface area (Å²) in [4.78, 5) is 25.8. The zero-order chi connectivity index (χ0) is 29.6. The number of hydrogen-bond acceptors (Lipinski definition) is 5. The lowest BCUT2D eigenvalue weighted by molar-refractivity contribution is -0.139. The average Bonchev–Trinajstić information content (AvgIpc) is 3.42. The maximum absolute atomic E-state index is 13.4.